The van der Waals surface area contributed by atoms with E-state index in [1.54, 1.807) is 6.20 Å². The standard InChI is InChI=1S/C19H18N4O3/c1-23(15-6-3-7-16-18(15)26-12-25-16)17-8-9-20-19(22-17)21-14-5-2-4-13(10-14)11-24/h2-10,24H,11-12H2,1H3,(H,20,21,22). The van der Waals surface area contributed by atoms with Crippen LogP contribution in [0.15, 0.2) is 54.7 Å². The highest BCUT2D eigenvalue weighted by Crippen LogP contribution is 2.42. The van der Waals surface area contributed by atoms with Crippen LogP contribution in [0.3, 0.4) is 0 Å². The SMILES string of the molecule is CN(c1ccnc(Nc2cccc(CO)c2)n1)c1cccc2c1OCO2. The van der Waals surface area contributed by atoms with Gasteiger partial charge in [0.2, 0.25) is 12.7 Å². The average Bonchev–Trinajstić information content (AvgIpc) is 3.16. The minimum Gasteiger partial charge on any atom is -0.454 e. The lowest BCUT2D eigenvalue weighted by Gasteiger charge is -2.20. The molecule has 0 amide bonds. The van der Waals surface area contributed by atoms with E-state index in [9.17, 15) is 5.11 Å². The number of fused-ring (bicyclic) bond motifs is 1. The van der Waals surface area contributed by atoms with E-state index in [2.05, 4.69) is 15.3 Å². The highest BCUT2D eigenvalue weighted by atomic mass is 16.7. The molecule has 0 aliphatic carbocycles. The molecule has 2 aromatic carbocycles. The van der Waals surface area contributed by atoms with Crippen LogP contribution in [0.25, 0.3) is 0 Å². The van der Waals surface area contributed by atoms with Gasteiger partial charge in [0.05, 0.1) is 12.3 Å². The van der Waals surface area contributed by atoms with Crippen molar-refractivity contribution in [3.63, 3.8) is 0 Å². The van der Waals surface area contributed by atoms with Gasteiger partial charge in [-0.3, -0.25) is 0 Å². The van der Waals surface area contributed by atoms with Crippen molar-refractivity contribution in [2.45, 2.75) is 6.61 Å². The summed E-state index contributed by atoms with van der Waals surface area (Å²) in [5.74, 6) is 2.61. The van der Waals surface area contributed by atoms with Crippen LogP contribution in [0, 0.1) is 0 Å². The molecule has 7 heteroatoms. The summed E-state index contributed by atoms with van der Waals surface area (Å²) in [6, 6.07) is 15.0. The van der Waals surface area contributed by atoms with Crippen molar-refractivity contribution >= 4 is 23.1 Å². The Kier molecular flexibility index (Phi) is 4.28. The number of benzene rings is 2. The van der Waals surface area contributed by atoms with Crippen LogP contribution >= 0.6 is 0 Å². The normalized spacial score (nSPS) is 12.1. The highest BCUT2D eigenvalue weighted by molar-refractivity contribution is 5.71. The number of nitrogens with zero attached hydrogens (tertiary/aromatic N) is 3. The second-order valence-corrected chi connectivity index (χ2v) is 5.79. The number of hydrogen-bond donors (Lipinski definition) is 2. The molecule has 1 aliphatic heterocycles. The maximum Gasteiger partial charge on any atom is 0.231 e. The number of aliphatic hydroxyl groups is 1. The van der Waals surface area contributed by atoms with Crippen LogP contribution in [0.1, 0.15) is 5.56 Å². The molecule has 0 spiro atoms. The summed E-state index contributed by atoms with van der Waals surface area (Å²) < 4.78 is 11.0. The third-order valence-corrected chi connectivity index (χ3v) is 4.09. The number of rotatable bonds is 5. The largest absolute Gasteiger partial charge is 0.454 e. The number of nitrogens with one attached hydrogen (secondary N) is 1. The first kappa shape index (κ1) is 16.2. The Morgan fingerprint density at radius 3 is 2.92 bits per heavy atom. The van der Waals surface area contributed by atoms with E-state index in [1.165, 1.54) is 0 Å². The van der Waals surface area contributed by atoms with Crippen LogP contribution in [-0.2, 0) is 6.61 Å². The van der Waals surface area contributed by atoms with Crippen LogP contribution < -0.4 is 19.7 Å². The quantitative estimate of drug-likeness (QED) is 0.731. The number of ether oxygens (including phenoxy) is 2. The van der Waals surface area contributed by atoms with E-state index in [1.807, 2.05) is 60.5 Å². The van der Waals surface area contributed by atoms with Crippen LogP contribution in [0.2, 0.25) is 0 Å². The fourth-order valence-corrected chi connectivity index (χ4v) is 2.78. The lowest BCUT2D eigenvalue weighted by molar-refractivity contribution is 0.174. The van der Waals surface area contributed by atoms with Crippen molar-refractivity contribution in [2.24, 2.45) is 0 Å². The summed E-state index contributed by atoms with van der Waals surface area (Å²) in [6.07, 6.45) is 1.69. The predicted octanol–water partition coefficient (Wildman–Crippen LogP) is 3.21. The molecule has 0 unspecified atom stereocenters. The second kappa shape index (κ2) is 6.89. The van der Waals surface area contributed by atoms with E-state index >= 15 is 0 Å². The lowest BCUT2D eigenvalue weighted by atomic mass is 10.2. The molecule has 2 heterocycles. The highest BCUT2D eigenvalue weighted by Gasteiger charge is 2.21. The Bertz CT molecular complexity index is 932. The van der Waals surface area contributed by atoms with Gasteiger partial charge >= 0.3 is 0 Å². The maximum absolute atomic E-state index is 9.26. The molecule has 0 bridgehead atoms. The van der Waals surface area contributed by atoms with Crippen molar-refractivity contribution in [1.29, 1.82) is 0 Å². The summed E-state index contributed by atoms with van der Waals surface area (Å²) in [7, 11) is 1.91. The van der Waals surface area contributed by atoms with Gasteiger partial charge in [0, 0.05) is 18.9 Å². The molecular weight excluding hydrogens is 332 g/mol. The number of aromatic nitrogens is 2. The van der Waals surface area contributed by atoms with Crippen molar-refractivity contribution in [3.05, 3.63) is 60.3 Å². The summed E-state index contributed by atoms with van der Waals surface area (Å²) in [4.78, 5) is 10.8. The Labute approximate surface area is 150 Å². The Morgan fingerprint density at radius 1 is 1.15 bits per heavy atom. The van der Waals surface area contributed by atoms with Crippen molar-refractivity contribution in [2.75, 3.05) is 24.1 Å². The molecule has 132 valence electrons. The van der Waals surface area contributed by atoms with E-state index in [-0.39, 0.29) is 13.4 Å². The Hall–Kier alpha value is -3.32. The first-order valence-electron chi connectivity index (χ1n) is 8.17. The van der Waals surface area contributed by atoms with Gasteiger partial charge in [-0.2, -0.15) is 4.98 Å². The molecule has 0 atom stereocenters. The zero-order valence-corrected chi connectivity index (χ0v) is 14.2. The van der Waals surface area contributed by atoms with Gasteiger partial charge in [0.25, 0.3) is 0 Å². The summed E-state index contributed by atoms with van der Waals surface area (Å²) in [5, 5.41) is 12.4. The molecule has 3 aromatic rings. The van der Waals surface area contributed by atoms with Gasteiger partial charge in [-0.1, -0.05) is 18.2 Å². The molecule has 1 aliphatic rings. The summed E-state index contributed by atoms with van der Waals surface area (Å²) >= 11 is 0. The Balaban J connectivity index is 1.60. The predicted molar refractivity (Wildman–Crippen MR) is 98.3 cm³/mol. The topological polar surface area (TPSA) is 79.7 Å². The molecule has 0 saturated carbocycles. The minimum absolute atomic E-state index is 0.0135. The zero-order valence-electron chi connectivity index (χ0n) is 14.2. The first-order chi connectivity index (χ1) is 12.7. The van der Waals surface area contributed by atoms with Crippen LogP contribution in [-0.4, -0.2) is 28.9 Å². The van der Waals surface area contributed by atoms with Crippen LogP contribution in [0.4, 0.5) is 23.1 Å². The number of hydrogen-bond acceptors (Lipinski definition) is 7. The fourth-order valence-electron chi connectivity index (χ4n) is 2.78. The Morgan fingerprint density at radius 2 is 2.04 bits per heavy atom. The number of para-hydroxylation sites is 1. The van der Waals surface area contributed by atoms with Crippen molar-refractivity contribution in [1.82, 2.24) is 9.97 Å². The summed E-state index contributed by atoms with van der Waals surface area (Å²) in [6.45, 7) is 0.207. The first-order valence-corrected chi connectivity index (χ1v) is 8.17. The smallest absolute Gasteiger partial charge is 0.231 e. The fraction of sp³-hybridized carbons (Fsp3) is 0.158. The van der Waals surface area contributed by atoms with Gasteiger partial charge < -0.3 is 24.8 Å². The number of anilines is 4. The van der Waals surface area contributed by atoms with E-state index in [4.69, 9.17) is 9.47 Å². The molecule has 0 fully saturated rings. The minimum atomic E-state index is -0.0135. The molecule has 7 nitrogen and oxygen atoms in total. The van der Waals surface area contributed by atoms with Crippen molar-refractivity contribution in [3.8, 4) is 11.5 Å². The van der Waals surface area contributed by atoms with Gasteiger partial charge in [0.15, 0.2) is 11.5 Å². The van der Waals surface area contributed by atoms with Gasteiger partial charge in [-0.25, -0.2) is 4.98 Å². The zero-order chi connectivity index (χ0) is 17.9. The molecule has 4 rings (SSSR count). The molecule has 2 N–H and O–H groups in total. The van der Waals surface area contributed by atoms with E-state index < -0.39 is 0 Å². The van der Waals surface area contributed by atoms with Gasteiger partial charge in [-0.15, -0.1) is 0 Å². The van der Waals surface area contributed by atoms with Gasteiger partial charge in [-0.05, 0) is 35.9 Å². The van der Waals surface area contributed by atoms with Crippen molar-refractivity contribution < 1.29 is 14.6 Å². The monoisotopic (exact) mass is 350 g/mol. The van der Waals surface area contributed by atoms with Gasteiger partial charge in [0.1, 0.15) is 5.82 Å². The molecule has 26 heavy (non-hydrogen) atoms. The third-order valence-electron chi connectivity index (χ3n) is 4.09. The number of aliphatic hydroxyl groups excluding tert-OH is 1. The lowest BCUT2D eigenvalue weighted by Crippen LogP contribution is -2.13. The second-order valence-electron chi connectivity index (χ2n) is 5.79. The molecule has 0 saturated heterocycles. The van der Waals surface area contributed by atoms with Crippen LogP contribution in [0.5, 0.6) is 11.5 Å². The molecular formula is C19H18N4O3. The molecule has 1 aromatic heterocycles. The summed E-state index contributed by atoms with van der Waals surface area (Å²) in [5.41, 5.74) is 2.50. The molecule has 0 radical (unpaired) electrons. The van der Waals surface area contributed by atoms with E-state index in [0.29, 0.717) is 17.5 Å². The third kappa shape index (κ3) is 3.12. The average molecular weight is 350 g/mol. The van der Waals surface area contributed by atoms with E-state index in [0.717, 1.165) is 22.7 Å². The maximum atomic E-state index is 9.26.